The van der Waals surface area contributed by atoms with E-state index in [1.165, 1.54) is 38.4 Å². The van der Waals surface area contributed by atoms with Crippen LogP contribution >= 0.6 is 11.6 Å². The molecule has 260 valence electrons. The van der Waals surface area contributed by atoms with Crippen LogP contribution in [0.1, 0.15) is 65.5 Å². The number of pyridine rings is 1. The van der Waals surface area contributed by atoms with Gasteiger partial charge in [0.1, 0.15) is 0 Å². The molecule has 0 atom stereocenters. The number of carbonyl (C=O) groups is 5. The predicted octanol–water partition coefficient (Wildman–Crippen LogP) is 6.17. The van der Waals surface area contributed by atoms with E-state index >= 15 is 0 Å². The number of aromatic nitrogens is 1. The van der Waals surface area contributed by atoms with Crippen molar-refractivity contribution in [2.24, 2.45) is 0 Å². The molecule has 4 aromatic rings. The van der Waals surface area contributed by atoms with E-state index in [0.717, 1.165) is 5.56 Å². The van der Waals surface area contributed by atoms with Crippen molar-refractivity contribution in [2.45, 2.75) is 26.2 Å². The Morgan fingerprint density at radius 3 is 2.14 bits per heavy atom. The van der Waals surface area contributed by atoms with Crippen LogP contribution in [0.25, 0.3) is 11.3 Å². The first-order valence-corrected chi connectivity index (χ1v) is 15.7. The molecule has 13 heteroatoms. The first-order chi connectivity index (χ1) is 23.9. The largest absolute Gasteiger partial charge is 0.493 e. The van der Waals surface area contributed by atoms with E-state index in [9.17, 15) is 24.0 Å². The molecule has 0 fully saturated rings. The lowest BCUT2D eigenvalue weighted by Gasteiger charge is -2.17. The number of halogens is 1. The van der Waals surface area contributed by atoms with E-state index in [2.05, 4.69) is 10.3 Å². The zero-order valence-corrected chi connectivity index (χ0v) is 29.2. The Morgan fingerprint density at radius 2 is 1.50 bits per heavy atom. The SMILES string of the molecule is COC(=O)c1ccc(-c2nc(C)ccc2C(=O)Nc2ccc(CCCC(=O)Oc3c(Cl)cc(C(=O)OC)cc3OC)cc2C(=O)N(C)C)cc1. The Labute approximate surface area is 294 Å². The lowest BCUT2D eigenvalue weighted by Crippen LogP contribution is -2.24. The third-order valence-corrected chi connectivity index (χ3v) is 7.82. The maximum Gasteiger partial charge on any atom is 0.338 e. The molecule has 0 bridgehead atoms. The fourth-order valence-electron chi connectivity index (χ4n) is 4.96. The van der Waals surface area contributed by atoms with Crippen LogP contribution in [0.15, 0.2) is 66.7 Å². The maximum atomic E-state index is 13.7. The van der Waals surface area contributed by atoms with Crippen LogP contribution < -0.4 is 14.8 Å². The van der Waals surface area contributed by atoms with E-state index in [1.807, 2.05) is 0 Å². The maximum absolute atomic E-state index is 13.7. The minimum Gasteiger partial charge on any atom is -0.493 e. The summed E-state index contributed by atoms with van der Waals surface area (Å²) in [4.78, 5) is 69.4. The monoisotopic (exact) mass is 701 g/mol. The van der Waals surface area contributed by atoms with Crippen LogP contribution in [-0.4, -0.2) is 75.0 Å². The molecule has 12 nitrogen and oxygen atoms in total. The number of rotatable bonds is 12. The number of methoxy groups -OCH3 is 3. The molecule has 0 aliphatic carbocycles. The van der Waals surface area contributed by atoms with Crippen LogP contribution in [0.3, 0.4) is 0 Å². The summed E-state index contributed by atoms with van der Waals surface area (Å²) in [5, 5.41) is 2.87. The van der Waals surface area contributed by atoms with Crippen molar-refractivity contribution in [3.8, 4) is 22.8 Å². The molecule has 2 amide bonds. The molecule has 1 aromatic heterocycles. The minimum absolute atomic E-state index is 0.00702. The lowest BCUT2D eigenvalue weighted by atomic mass is 10.0. The van der Waals surface area contributed by atoms with Gasteiger partial charge in [0, 0.05) is 31.8 Å². The molecule has 1 heterocycles. The molecule has 4 rings (SSSR count). The Morgan fingerprint density at radius 1 is 0.820 bits per heavy atom. The van der Waals surface area contributed by atoms with Crippen molar-refractivity contribution in [3.63, 3.8) is 0 Å². The smallest absolute Gasteiger partial charge is 0.338 e. The Balaban J connectivity index is 1.50. The van der Waals surface area contributed by atoms with Gasteiger partial charge in [0.2, 0.25) is 0 Å². The average molecular weight is 702 g/mol. The fraction of sp³-hybridized carbons (Fsp3) is 0.243. The van der Waals surface area contributed by atoms with Crippen molar-refractivity contribution >= 4 is 47.0 Å². The quantitative estimate of drug-likeness (QED) is 0.134. The summed E-state index contributed by atoms with van der Waals surface area (Å²) in [6.07, 6.45) is 0.793. The Bertz CT molecular complexity index is 1940. The van der Waals surface area contributed by atoms with Gasteiger partial charge < -0.3 is 29.2 Å². The third-order valence-electron chi connectivity index (χ3n) is 7.54. The summed E-state index contributed by atoms with van der Waals surface area (Å²) in [5.74, 6) is -2.42. The Kier molecular flexibility index (Phi) is 12.3. The highest BCUT2D eigenvalue weighted by molar-refractivity contribution is 6.32. The van der Waals surface area contributed by atoms with Gasteiger partial charge in [-0.25, -0.2) is 9.59 Å². The van der Waals surface area contributed by atoms with E-state index in [1.54, 1.807) is 75.6 Å². The summed E-state index contributed by atoms with van der Waals surface area (Å²) in [5.41, 5.74) is 3.77. The topological polar surface area (TPSA) is 150 Å². The first-order valence-electron chi connectivity index (χ1n) is 15.4. The standard InChI is InChI=1S/C37H36ClN3O9/c1-21-10-16-26(32(39-21)23-12-14-24(15-13-23)36(45)48-5)34(43)40-29-17-11-22(18-27(29)35(44)41(2)3)8-7-9-31(42)50-33-28(38)19-25(37(46)49-6)20-30(33)47-4/h10-20H,7-9H2,1-6H3,(H,40,43). The van der Waals surface area contributed by atoms with E-state index < -0.39 is 23.8 Å². The van der Waals surface area contributed by atoms with E-state index in [4.69, 9.17) is 30.5 Å². The van der Waals surface area contributed by atoms with Crippen molar-refractivity contribution in [1.29, 1.82) is 0 Å². The van der Waals surface area contributed by atoms with Gasteiger partial charge in [-0.2, -0.15) is 0 Å². The summed E-state index contributed by atoms with van der Waals surface area (Å²) in [6, 6.07) is 17.7. The highest BCUT2D eigenvalue weighted by atomic mass is 35.5. The van der Waals surface area contributed by atoms with Gasteiger partial charge in [0.05, 0.1) is 60.0 Å². The molecule has 0 spiro atoms. The molecule has 50 heavy (non-hydrogen) atoms. The first kappa shape index (κ1) is 37.1. The van der Waals surface area contributed by atoms with Gasteiger partial charge in [0.25, 0.3) is 11.8 Å². The minimum atomic E-state index is -0.624. The number of anilines is 1. The van der Waals surface area contributed by atoms with Crippen molar-refractivity contribution < 1.29 is 42.9 Å². The highest BCUT2D eigenvalue weighted by Gasteiger charge is 2.22. The molecule has 3 aromatic carbocycles. The summed E-state index contributed by atoms with van der Waals surface area (Å²) in [7, 11) is 7.09. The van der Waals surface area contributed by atoms with Crippen LogP contribution in [0, 0.1) is 6.92 Å². The second-order valence-electron chi connectivity index (χ2n) is 11.3. The van der Waals surface area contributed by atoms with Gasteiger partial charge in [-0.1, -0.05) is 29.8 Å². The number of benzene rings is 3. The number of carbonyl (C=O) groups excluding carboxylic acids is 5. The molecular formula is C37H36ClN3O9. The number of amides is 2. The van der Waals surface area contributed by atoms with Crippen LogP contribution in [0.5, 0.6) is 11.5 Å². The van der Waals surface area contributed by atoms with E-state index in [-0.39, 0.29) is 45.5 Å². The normalized spacial score (nSPS) is 10.5. The van der Waals surface area contributed by atoms with Crippen LogP contribution in [0.4, 0.5) is 5.69 Å². The Hall–Kier alpha value is -5.75. The number of esters is 3. The molecule has 0 unspecified atom stereocenters. The van der Waals surface area contributed by atoms with Crippen LogP contribution in [-0.2, 0) is 20.7 Å². The average Bonchev–Trinajstić information content (AvgIpc) is 3.11. The molecule has 1 N–H and O–H groups in total. The van der Waals surface area contributed by atoms with Crippen LogP contribution in [0.2, 0.25) is 5.02 Å². The highest BCUT2D eigenvalue weighted by Crippen LogP contribution is 2.37. The van der Waals surface area contributed by atoms with Gasteiger partial charge in [-0.3, -0.25) is 19.4 Å². The number of aryl methyl sites for hydroxylation is 2. The van der Waals surface area contributed by atoms with Gasteiger partial charge >= 0.3 is 17.9 Å². The number of nitrogens with zero attached hydrogens (tertiary/aromatic N) is 2. The number of hydrogen-bond donors (Lipinski definition) is 1. The number of nitrogens with one attached hydrogen (secondary N) is 1. The molecule has 0 radical (unpaired) electrons. The zero-order chi connectivity index (χ0) is 36.5. The predicted molar refractivity (Wildman–Crippen MR) is 186 cm³/mol. The lowest BCUT2D eigenvalue weighted by molar-refractivity contribution is -0.134. The fourth-order valence-corrected chi connectivity index (χ4v) is 5.21. The van der Waals surface area contributed by atoms with Crippen molar-refractivity contribution in [1.82, 2.24) is 9.88 Å². The zero-order valence-electron chi connectivity index (χ0n) is 28.4. The molecule has 0 aliphatic heterocycles. The van der Waals surface area contributed by atoms with Gasteiger partial charge in [-0.05, 0) is 73.9 Å². The summed E-state index contributed by atoms with van der Waals surface area (Å²) < 4.78 is 20.2. The van der Waals surface area contributed by atoms with Crippen molar-refractivity contribution in [2.75, 3.05) is 40.7 Å². The van der Waals surface area contributed by atoms with Gasteiger partial charge in [0.15, 0.2) is 11.5 Å². The third kappa shape index (κ3) is 8.83. The second kappa shape index (κ2) is 16.6. The number of hydrogen-bond acceptors (Lipinski definition) is 10. The molecule has 0 aliphatic rings. The number of ether oxygens (including phenoxy) is 4. The second-order valence-corrected chi connectivity index (χ2v) is 11.7. The molecular weight excluding hydrogens is 666 g/mol. The van der Waals surface area contributed by atoms with Crippen molar-refractivity contribution in [3.05, 3.63) is 105 Å². The van der Waals surface area contributed by atoms with E-state index in [0.29, 0.717) is 41.0 Å². The van der Waals surface area contributed by atoms with Gasteiger partial charge in [-0.15, -0.1) is 0 Å². The summed E-state index contributed by atoms with van der Waals surface area (Å²) >= 11 is 6.27. The molecule has 0 saturated heterocycles. The summed E-state index contributed by atoms with van der Waals surface area (Å²) in [6.45, 7) is 1.80. The molecule has 0 saturated carbocycles.